The third-order valence-corrected chi connectivity index (χ3v) is 6.63. The molecule has 6 nitrogen and oxygen atoms in total. The molecule has 0 spiro atoms. The molecule has 1 amide bonds. The zero-order chi connectivity index (χ0) is 18.8. The number of carbonyl (C=O) groups is 1. The lowest BCUT2D eigenvalue weighted by molar-refractivity contribution is 0.0567. The van der Waals surface area contributed by atoms with Crippen LogP contribution in [0.4, 0.5) is 5.69 Å². The second-order valence-electron chi connectivity index (χ2n) is 7.54. The molecule has 0 radical (unpaired) electrons. The summed E-state index contributed by atoms with van der Waals surface area (Å²) in [5.74, 6) is 0.103. The minimum absolute atomic E-state index is 0.103. The molecule has 1 atom stereocenters. The molecule has 2 fully saturated rings. The number of anilines is 1. The van der Waals surface area contributed by atoms with Gasteiger partial charge in [-0.25, -0.2) is 0 Å². The highest BCUT2D eigenvalue weighted by molar-refractivity contribution is 7.07. The monoisotopic (exact) mass is 385 g/mol. The van der Waals surface area contributed by atoms with E-state index in [1.54, 1.807) is 0 Å². The Bertz CT molecular complexity index is 799. The van der Waals surface area contributed by atoms with Gasteiger partial charge in [-0.1, -0.05) is 22.7 Å². The summed E-state index contributed by atoms with van der Waals surface area (Å²) >= 11 is 1.21. The maximum atomic E-state index is 12.8. The highest BCUT2D eigenvalue weighted by atomic mass is 32.1. The molecule has 0 saturated carbocycles. The number of benzene rings is 1. The quantitative estimate of drug-likeness (QED) is 0.813. The molecular formula is C20H27N5OS. The Morgan fingerprint density at radius 3 is 2.59 bits per heavy atom. The molecule has 0 aliphatic carbocycles. The Morgan fingerprint density at radius 2 is 1.89 bits per heavy atom. The molecule has 2 aromatic rings. The number of carbonyl (C=O) groups excluding carboxylic acids is 1. The zero-order valence-electron chi connectivity index (χ0n) is 16.1. The molecule has 7 heteroatoms. The van der Waals surface area contributed by atoms with Gasteiger partial charge >= 0.3 is 0 Å². The molecule has 144 valence electrons. The van der Waals surface area contributed by atoms with Gasteiger partial charge in [0.2, 0.25) is 0 Å². The summed E-state index contributed by atoms with van der Waals surface area (Å²) in [6.07, 6.45) is 2.24. The minimum Gasteiger partial charge on any atom is -0.369 e. The first-order valence-corrected chi connectivity index (χ1v) is 10.5. The van der Waals surface area contributed by atoms with Crippen molar-refractivity contribution >= 4 is 23.1 Å². The molecular weight excluding hydrogens is 358 g/mol. The average Bonchev–Trinajstić information content (AvgIpc) is 3.14. The van der Waals surface area contributed by atoms with Crippen molar-refractivity contribution in [3.8, 4) is 0 Å². The van der Waals surface area contributed by atoms with Crippen LogP contribution in [0.1, 0.15) is 33.8 Å². The van der Waals surface area contributed by atoms with Gasteiger partial charge in [0.05, 0.1) is 5.69 Å². The summed E-state index contributed by atoms with van der Waals surface area (Å²) in [5.41, 5.74) is 3.44. The largest absolute Gasteiger partial charge is 0.369 e. The van der Waals surface area contributed by atoms with Crippen molar-refractivity contribution in [2.75, 3.05) is 44.2 Å². The van der Waals surface area contributed by atoms with Crippen molar-refractivity contribution in [1.29, 1.82) is 0 Å². The fourth-order valence-corrected chi connectivity index (χ4v) is 4.88. The van der Waals surface area contributed by atoms with Gasteiger partial charge in [0.1, 0.15) is 4.88 Å². The van der Waals surface area contributed by atoms with E-state index in [9.17, 15) is 4.79 Å². The van der Waals surface area contributed by atoms with Crippen molar-refractivity contribution < 1.29 is 4.79 Å². The lowest BCUT2D eigenvalue weighted by Crippen LogP contribution is -2.56. The second-order valence-corrected chi connectivity index (χ2v) is 8.30. The maximum absolute atomic E-state index is 12.8. The molecule has 4 rings (SSSR count). The molecule has 1 aromatic heterocycles. The SMILES string of the molecule is Cc1ccccc1N1CCN([C@H]2CCCN(C(=O)c3snnc3C)C2)CC1. The molecule has 1 aromatic carbocycles. The van der Waals surface area contributed by atoms with E-state index in [-0.39, 0.29) is 5.91 Å². The van der Waals surface area contributed by atoms with Crippen LogP contribution in [-0.2, 0) is 0 Å². The van der Waals surface area contributed by atoms with Crippen LogP contribution in [0.3, 0.4) is 0 Å². The van der Waals surface area contributed by atoms with E-state index in [0.717, 1.165) is 51.4 Å². The van der Waals surface area contributed by atoms with Gasteiger partial charge in [0, 0.05) is 51.0 Å². The number of aryl methyl sites for hydroxylation is 2. The van der Waals surface area contributed by atoms with Gasteiger partial charge in [-0.3, -0.25) is 9.69 Å². The van der Waals surface area contributed by atoms with Crippen LogP contribution >= 0.6 is 11.5 Å². The van der Waals surface area contributed by atoms with Crippen LogP contribution in [0.25, 0.3) is 0 Å². The zero-order valence-corrected chi connectivity index (χ0v) is 16.9. The fourth-order valence-electron chi connectivity index (χ4n) is 4.25. The molecule has 0 bridgehead atoms. The van der Waals surface area contributed by atoms with Gasteiger partial charge < -0.3 is 9.80 Å². The van der Waals surface area contributed by atoms with Gasteiger partial charge in [-0.05, 0) is 49.9 Å². The lowest BCUT2D eigenvalue weighted by Gasteiger charge is -2.44. The number of piperidine rings is 1. The van der Waals surface area contributed by atoms with Crippen molar-refractivity contribution in [2.45, 2.75) is 32.7 Å². The Balaban J connectivity index is 1.36. The summed E-state index contributed by atoms with van der Waals surface area (Å²) in [7, 11) is 0. The Morgan fingerprint density at radius 1 is 1.11 bits per heavy atom. The Kier molecular flexibility index (Phi) is 5.41. The summed E-state index contributed by atoms with van der Waals surface area (Å²) in [6, 6.07) is 9.08. The molecule has 0 N–H and O–H groups in total. The molecule has 27 heavy (non-hydrogen) atoms. The van der Waals surface area contributed by atoms with E-state index in [4.69, 9.17) is 0 Å². The number of para-hydroxylation sites is 1. The van der Waals surface area contributed by atoms with E-state index in [0.29, 0.717) is 10.9 Å². The maximum Gasteiger partial charge on any atom is 0.267 e. The predicted molar refractivity (Wildman–Crippen MR) is 109 cm³/mol. The van der Waals surface area contributed by atoms with Crippen LogP contribution in [0.2, 0.25) is 0 Å². The van der Waals surface area contributed by atoms with E-state index < -0.39 is 0 Å². The van der Waals surface area contributed by atoms with Crippen molar-refractivity contribution in [1.82, 2.24) is 19.4 Å². The molecule has 0 unspecified atom stereocenters. The summed E-state index contributed by atoms with van der Waals surface area (Å²) in [4.78, 5) is 20.6. The summed E-state index contributed by atoms with van der Waals surface area (Å²) in [5, 5.41) is 3.99. The first-order chi connectivity index (χ1) is 13.1. The number of hydrogen-bond donors (Lipinski definition) is 0. The fraction of sp³-hybridized carbons (Fsp3) is 0.550. The Labute approximate surface area is 164 Å². The van der Waals surface area contributed by atoms with E-state index >= 15 is 0 Å². The first-order valence-electron chi connectivity index (χ1n) is 9.76. The smallest absolute Gasteiger partial charge is 0.267 e. The van der Waals surface area contributed by atoms with Gasteiger partial charge in [-0.15, -0.1) is 5.10 Å². The predicted octanol–water partition coefficient (Wildman–Crippen LogP) is 2.58. The summed E-state index contributed by atoms with van der Waals surface area (Å²) < 4.78 is 3.92. The van der Waals surface area contributed by atoms with Crippen LogP contribution in [0.5, 0.6) is 0 Å². The first kappa shape index (κ1) is 18.4. The molecule has 2 aliphatic rings. The third-order valence-electron chi connectivity index (χ3n) is 5.82. The molecule has 2 aliphatic heterocycles. The number of rotatable bonds is 3. The van der Waals surface area contributed by atoms with E-state index in [1.165, 1.54) is 29.2 Å². The third kappa shape index (κ3) is 3.84. The standard InChI is InChI=1S/C20H27N5OS/c1-15-6-3-4-8-18(15)24-12-10-23(11-13-24)17-7-5-9-25(14-17)20(26)19-16(2)21-22-27-19/h3-4,6,8,17H,5,7,9-14H2,1-2H3/t17-/m0/s1. The number of aromatic nitrogens is 2. The number of nitrogens with zero attached hydrogens (tertiary/aromatic N) is 5. The Hall–Kier alpha value is -1.99. The molecule has 2 saturated heterocycles. The minimum atomic E-state index is 0.103. The number of piperazine rings is 1. The van der Waals surface area contributed by atoms with Crippen molar-refractivity contribution in [2.24, 2.45) is 0 Å². The van der Waals surface area contributed by atoms with E-state index in [2.05, 4.69) is 50.6 Å². The van der Waals surface area contributed by atoms with Crippen LogP contribution < -0.4 is 4.90 Å². The van der Waals surface area contributed by atoms with Gasteiger partial charge in [0.15, 0.2) is 0 Å². The normalized spacial score (nSPS) is 21.5. The number of hydrogen-bond acceptors (Lipinski definition) is 6. The van der Waals surface area contributed by atoms with Crippen molar-refractivity contribution in [3.05, 3.63) is 40.4 Å². The van der Waals surface area contributed by atoms with Crippen molar-refractivity contribution in [3.63, 3.8) is 0 Å². The van der Waals surface area contributed by atoms with Gasteiger partial charge in [-0.2, -0.15) is 0 Å². The topological polar surface area (TPSA) is 52.6 Å². The lowest BCUT2D eigenvalue weighted by atomic mass is 10.0. The van der Waals surface area contributed by atoms with E-state index in [1.807, 2.05) is 11.8 Å². The average molecular weight is 386 g/mol. The van der Waals surface area contributed by atoms with Gasteiger partial charge in [0.25, 0.3) is 5.91 Å². The summed E-state index contributed by atoms with van der Waals surface area (Å²) in [6.45, 7) is 9.92. The number of likely N-dealkylation sites (tertiary alicyclic amines) is 1. The van der Waals surface area contributed by atoms with Crippen LogP contribution in [0.15, 0.2) is 24.3 Å². The molecule has 3 heterocycles. The van der Waals surface area contributed by atoms with Crippen LogP contribution in [0, 0.1) is 13.8 Å². The highest BCUT2D eigenvalue weighted by Gasteiger charge is 2.31. The highest BCUT2D eigenvalue weighted by Crippen LogP contribution is 2.24. The number of amides is 1. The van der Waals surface area contributed by atoms with Crippen LogP contribution in [-0.4, -0.2) is 70.6 Å². The second kappa shape index (κ2) is 7.94.